The van der Waals surface area contributed by atoms with Crippen LogP contribution in [0.15, 0.2) is 48.5 Å². The Bertz CT molecular complexity index is 1110. The quantitative estimate of drug-likeness (QED) is 0.449. The summed E-state index contributed by atoms with van der Waals surface area (Å²) in [7, 11) is 0. The highest BCUT2D eigenvalue weighted by Crippen LogP contribution is 2.39. The number of likely N-dealkylation sites (tertiary alicyclic amines) is 1. The second kappa shape index (κ2) is 7.69. The Morgan fingerprint density at radius 2 is 1.72 bits per heavy atom. The Hall–Kier alpha value is -2.56. The molecule has 1 saturated heterocycles. The number of aromatic hydroxyl groups is 1. The van der Waals surface area contributed by atoms with Gasteiger partial charge in [-0.1, -0.05) is 25.1 Å². The zero-order valence-corrected chi connectivity index (χ0v) is 17.0. The number of phenols is 1. The SMILES string of the molecule is CCc1c(-c2ccc(O)cc2)c2cc(COCCN3CCCC3)c3cccc1n32. The van der Waals surface area contributed by atoms with Gasteiger partial charge in [0, 0.05) is 17.7 Å². The largest absolute Gasteiger partial charge is 0.508 e. The van der Waals surface area contributed by atoms with Crippen LogP contribution in [0.1, 0.15) is 30.9 Å². The smallest absolute Gasteiger partial charge is 0.115 e. The van der Waals surface area contributed by atoms with E-state index < -0.39 is 0 Å². The molecule has 4 aromatic rings. The predicted molar refractivity (Wildman–Crippen MR) is 118 cm³/mol. The molecule has 0 spiro atoms. The van der Waals surface area contributed by atoms with Crippen LogP contribution in [0.5, 0.6) is 5.75 Å². The number of hydrogen-bond acceptors (Lipinski definition) is 3. The van der Waals surface area contributed by atoms with Crippen molar-refractivity contribution in [2.45, 2.75) is 32.8 Å². The summed E-state index contributed by atoms with van der Waals surface area (Å²) in [5.41, 5.74) is 8.76. The third-order valence-corrected chi connectivity index (χ3v) is 6.26. The standard InChI is InChI=1S/C25H28N2O2/c1-2-21-23-7-5-6-22-19(17-29-15-14-26-12-3-4-13-26)16-24(27(22)23)25(21)18-8-10-20(28)11-9-18/h5-11,16,28H,2-4,12-15,17H2,1H3. The Kier molecular flexibility index (Phi) is 4.90. The second-order valence-corrected chi connectivity index (χ2v) is 8.04. The first kappa shape index (κ1) is 18.5. The Labute approximate surface area is 171 Å². The molecule has 1 aliphatic heterocycles. The van der Waals surface area contributed by atoms with Crippen LogP contribution in [-0.2, 0) is 17.8 Å². The van der Waals surface area contributed by atoms with E-state index in [4.69, 9.17) is 4.74 Å². The van der Waals surface area contributed by atoms with Gasteiger partial charge in [-0.05, 0) is 73.8 Å². The first-order valence-electron chi connectivity index (χ1n) is 10.7. The maximum absolute atomic E-state index is 9.71. The molecule has 0 amide bonds. The summed E-state index contributed by atoms with van der Waals surface area (Å²) in [4.78, 5) is 2.49. The molecule has 5 rings (SSSR count). The summed E-state index contributed by atoms with van der Waals surface area (Å²) in [5, 5.41) is 9.71. The molecular weight excluding hydrogens is 360 g/mol. The molecule has 0 saturated carbocycles. The fourth-order valence-corrected chi connectivity index (χ4v) is 4.83. The topological polar surface area (TPSA) is 37.1 Å². The lowest BCUT2D eigenvalue weighted by atomic mass is 9.99. The Morgan fingerprint density at radius 3 is 2.48 bits per heavy atom. The number of nitrogens with zero attached hydrogens (tertiary/aromatic N) is 2. The molecule has 1 fully saturated rings. The normalized spacial score (nSPS) is 15.2. The lowest BCUT2D eigenvalue weighted by molar-refractivity contribution is 0.1000. The van der Waals surface area contributed by atoms with Gasteiger partial charge in [0.15, 0.2) is 0 Å². The van der Waals surface area contributed by atoms with E-state index in [9.17, 15) is 5.11 Å². The van der Waals surface area contributed by atoms with Crippen molar-refractivity contribution in [2.24, 2.45) is 0 Å². The van der Waals surface area contributed by atoms with Crippen molar-refractivity contribution < 1.29 is 9.84 Å². The van der Waals surface area contributed by atoms with Crippen LogP contribution >= 0.6 is 0 Å². The first-order valence-corrected chi connectivity index (χ1v) is 10.7. The van der Waals surface area contributed by atoms with Crippen LogP contribution in [0, 0.1) is 0 Å². The average Bonchev–Trinajstić information content (AvgIpc) is 3.45. The Balaban J connectivity index is 1.49. The maximum Gasteiger partial charge on any atom is 0.115 e. The van der Waals surface area contributed by atoms with Crippen molar-refractivity contribution in [3.63, 3.8) is 0 Å². The highest BCUT2D eigenvalue weighted by molar-refractivity contribution is 5.96. The van der Waals surface area contributed by atoms with Gasteiger partial charge in [0.05, 0.1) is 29.8 Å². The molecule has 0 aliphatic carbocycles. The summed E-state index contributed by atoms with van der Waals surface area (Å²) in [5.74, 6) is 0.301. The summed E-state index contributed by atoms with van der Waals surface area (Å²) in [6, 6.07) is 16.4. The molecule has 4 nitrogen and oxygen atoms in total. The van der Waals surface area contributed by atoms with E-state index in [0.29, 0.717) is 12.4 Å². The van der Waals surface area contributed by atoms with E-state index in [2.05, 4.69) is 40.5 Å². The van der Waals surface area contributed by atoms with E-state index >= 15 is 0 Å². The van der Waals surface area contributed by atoms with E-state index in [0.717, 1.165) is 25.1 Å². The molecule has 0 unspecified atom stereocenters. The fraction of sp³-hybridized carbons (Fsp3) is 0.360. The lowest BCUT2D eigenvalue weighted by Crippen LogP contribution is -2.23. The van der Waals surface area contributed by atoms with E-state index in [1.807, 2.05) is 12.1 Å². The molecule has 1 aliphatic rings. The number of rotatable bonds is 7. The van der Waals surface area contributed by atoms with Crippen molar-refractivity contribution in [3.8, 4) is 16.9 Å². The molecule has 3 aromatic heterocycles. The molecular formula is C25H28N2O2. The number of aryl methyl sites for hydroxylation is 1. The van der Waals surface area contributed by atoms with Crippen molar-refractivity contribution in [2.75, 3.05) is 26.2 Å². The lowest BCUT2D eigenvalue weighted by Gasteiger charge is -2.14. The average molecular weight is 389 g/mol. The second-order valence-electron chi connectivity index (χ2n) is 8.04. The number of phenolic OH excluding ortho intramolecular Hbond substituents is 1. The molecule has 1 N–H and O–H groups in total. The Morgan fingerprint density at radius 1 is 0.966 bits per heavy atom. The summed E-state index contributed by atoms with van der Waals surface area (Å²) < 4.78 is 8.45. The van der Waals surface area contributed by atoms with Gasteiger partial charge in [-0.2, -0.15) is 0 Å². The summed E-state index contributed by atoms with van der Waals surface area (Å²) in [6.07, 6.45) is 3.61. The zero-order chi connectivity index (χ0) is 19.8. The minimum absolute atomic E-state index is 0.301. The van der Waals surface area contributed by atoms with Gasteiger partial charge in [0.25, 0.3) is 0 Å². The van der Waals surface area contributed by atoms with Crippen LogP contribution in [0.4, 0.5) is 0 Å². The number of hydrogen-bond donors (Lipinski definition) is 1. The number of aromatic nitrogens is 1. The van der Waals surface area contributed by atoms with Gasteiger partial charge in [-0.25, -0.2) is 0 Å². The van der Waals surface area contributed by atoms with Gasteiger partial charge < -0.3 is 19.1 Å². The van der Waals surface area contributed by atoms with Gasteiger partial charge >= 0.3 is 0 Å². The van der Waals surface area contributed by atoms with E-state index in [1.165, 1.54) is 59.2 Å². The first-order chi connectivity index (χ1) is 14.3. The minimum atomic E-state index is 0.301. The van der Waals surface area contributed by atoms with Crippen molar-refractivity contribution in [3.05, 3.63) is 59.7 Å². The fourth-order valence-electron chi connectivity index (χ4n) is 4.83. The van der Waals surface area contributed by atoms with E-state index in [1.54, 1.807) is 12.1 Å². The molecule has 1 aromatic carbocycles. The van der Waals surface area contributed by atoms with Gasteiger partial charge in [0.1, 0.15) is 5.75 Å². The highest BCUT2D eigenvalue weighted by Gasteiger charge is 2.20. The summed E-state index contributed by atoms with van der Waals surface area (Å²) >= 11 is 0. The number of pyridine rings is 1. The van der Waals surface area contributed by atoms with Gasteiger partial charge in [0.2, 0.25) is 0 Å². The molecule has 4 heteroatoms. The molecule has 0 radical (unpaired) electrons. The highest BCUT2D eigenvalue weighted by atomic mass is 16.5. The van der Waals surface area contributed by atoms with Crippen molar-refractivity contribution in [1.29, 1.82) is 0 Å². The van der Waals surface area contributed by atoms with Crippen LogP contribution < -0.4 is 0 Å². The number of benzene rings is 1. The van der Waals surface area contributed by atoms with Crippen LogP contribution in [-0.4, -0.2) is 40.6 Å². The van der Waals surface area contributed by atoms with Crippen LogP contribution in [0.3, 0.4) is 0 Å². The molecule has 150 valence electrons. The predicted octanol–water partition coefficient (Wildman–Crippen LogP) is 5.08. The van der Waals surface area contributed by atoms with Gasteiger partial charge in [-0.15, -0.1) is 0 Å². The van der Waals surface area contributed by atoms with Crippen LogP contribution in [0.2, 0.25) is 0 Å². The van der Waals surface area contributed by atoms with Crippen molar-refractivity contribution >= 4 is 16.6 Å². The third-order valence-electron chi connectivity index (χ3n) is 6.26. The third kappa shape index (κ3) is 3.26. The summed E-state index contributed by atoms with van der Waals surface area (Å²) in [6.45, 7) is 7.10. The van der Waals surface area contributed by atoms with Gasteiger partial charge in [-0.3, -0.25) is 0 Å². The van der Waals surface area contributed by atoms with Crippen LogP contribution in [0.25, 0.3) is 27.7 Å². The maximum atomic E-state index is 9.71. The molecule has 4 heterocycles. The molecule has 0 atom stereocenters. The minimum Gasteiger partial charge on any atom is -0.508 e. The molecule has 0 bridgehead atoms. The zero-order valence-electron chi connectivity index (χ0n) is 17.0. The van der Waals surface area contributed by atoms with Crippen molar-refractivity contribution in [1.82, 2.24) is 9.30 Å². The van der Waals surface area contributed by atoms with E-state index in [-0.39, 0.29) is 0 Å². The number of ether oxygens (including phenoxy) is 1. The monoisotopic (exact) mass is 388 g/mol. The molecule has 29 heavy (non-hydrogen) atoms.